The molecule has 1 aliphatic rings. The van der Waals surface area contributed by atoms with Crippen LogP contribution in [-0.2, 0) is 19.8 Å². The van der Waals surface area contributed by atoms with Gasteiger partial charge in [0.05, 0.1) is 33.5 Å². The van der Waals surface area contributed by atoms with Crippen LogP contribution < -0.4 is 9.47 Å². The summed E-state index contributed by atoms with van der Waals surface area (Å²) in [5.74, 6) is 4.30. The molecule has 0 aliphatic carbocycles. The zero-order valence-electron chi connectivity index (χ0n) is 27.7. The van der Waals surface area contributed by atoms with Gasteiger partial charge < -0.3 is 33.7 Å². The molecule has 252 valence electrons. The van der Waals surface area contributed by atoms with Crippen molar-refractivity contribution in [3.05, 3.63) is 108 Å². The second kappa shape index (κ2) is 14.8. The lowest BCUT2D eigenvalue weighted by Crippen LogP contribution is -2.40. The van der Waals surface area contributed by atoms with Gasteiger partial charge in [-0.15, -0.1) is 6.42 Å². The third-order valence-electron chi connectivity index (χ3n) is 8.33. The van der Waals surface area contributed by atoms with Crippen molar-refractivity contribution in [2.45, 2.75) is 30.1 Å². The normalized spacial score (nSPS) is 19.3. The lowest BCUT2D eigenvalue weighted by molar-refractivity contribution is -0.0953. The van der Waals surface area contributed by atoms with Gasteiger partial charge in [0.2, 0.25) is 0 Å². The summed E-state index contributed by atoms with van der Waals surface area (Å²) in [6.45, 7) is -0.0681. The van der Waals surface area contributed by atoms with E-state index in [4.69, 9.17) is 30.1 Å². The molecule has 3 heterocycles. The first-order chi connectivity index (χ1) is 23.9. The molecule has 6 rings (SSSR count). The monoisotopic (exact) mass is 662 g/mol. The number of benzene rings is 3. The molecule has 2 aromatic heterocycles. The van der Waals surface area contributed by atoms with E-state index in [1.165, 1.54) is 6.33 Å². The van der Waals surface area contributed by atoms with E-state index in [1.54, 1.807) is 36.4 Å². The Morgan fingerprint density at radius 1 is 0.939 bits per heavy atom. The van der Waals surface area contributed by atoms with Crippen molar-refractivity contribution in [3.63, 3.8) is 0 Å². The number of aliphatic hydroxyl groups is 1. The Kier molecular flexibility index (Phi) is 10.2. The molecule has 0 amide bonds. The highest BCUT2D eigenvalue weighted by atomic mass is 16.6. The molecule has 3 aromatic carbocycles. The summed E-state index contributed by atoms with van der Waals surface area (Å²) < 4.78 is 32.2. The maximum absolute atomic E-state index is 11.7. The van der Waals surface area contributed by atoms with Crippen molar-refractivity contribution in [1.29, 1.82) is 0 Å². The summed E-state index contributed by atoms with van der Waals surface area (Å²) >= 11 is 0. The van der Waals surface area contributed by atoms with Crippen molar-refractivity contribution in [2.24, 2.45) is 4.99 Å². The highest BCUT2D eigenvalue weighted by molar-refractivity contribution is 5.83. The summed E-state index contributed by atoms with van der Waals surface area (Å²) in [6.07, 6.45) is 6.53. The number of aliphatic imine (C=N–C) groups is 1. The molecule has 5 aromatic rings. The fourth-order valence-corrected chi connectivity index (χ4v) is 5.98. The van der Waals surface area contributed by atoms with Gasteiger partial charge in [0.15, 0.2) is 23.2 Å². The van der Waals surface area contributed by atoms with Crippen LogP contribution in [0.2, 0.25) is 0 Å². The first kappa shape index (κ1) is 33.6. The molecule has 12 nitrogen and oxygen atoms in total. The van der Waals surface area contributed by atoms with E-state index in [-0.39, 0.29) is 13.2 Å². The second-order valence-electron chi connectivity index (χ2n) is 11.6. The van der Waals surface area contributed by atoms with Crippen molar-refractivity contribution in [1.82, 2.24) is 24.4 Å². The smallest absolute Gasteiger partial charge is 0.184 e. The zero-order chi connectivity index (χ0) is 34.4. The van der Waals surface area contributed by atoms with E-state index in [0.29, 0.717) is 28.5 Å². The Morgan fingerprint density at radius 2 is 1.57 bits per heavy atom. The molecule has 0 radical (unpaired) electrons. The van der Waals surface area contributed by atoms with E-state index in [9.17, 15) is 5.11 Å². The van der Waals surface area contributed by atoms with Gasteiger partial charge in [-0.3, -0.25) is 4.57 Å². The topological polar surface area (TPSA) is 126 Å². The molecule has 0 unspecified atom stereocenters. The highest BCUT2D eigenvalue weighted by Gasteiger charge is 2.48. The molecule has 4 atom stereocenters. The standard InChI is InChI=1S/C37H38N6O6/c1-6-20-47-33-32(44)30(49-36(33)43-24-40-31-34(41-23-42(2)3)38-22-39-35(31)43)21-48-37(25-10-8-7-9-11-25,26-12-16-28(45-4)17-13-26)27-14-18-29(46-5)19-15-27/h1,7-19,22-24,30,32-33,36,44H,20-21H2,2-5H3/b41-23+/t30-,32-,33-,36-/m1/s1. The molecular formula is C37H38N6O6. The van der Waals surface area contributed by atoms with Crippen molar-refractivity contribution in [3.8, 4) is 23.8 Å². The lowest BCUT2D eigenvalue weighted by atomic mass is 9.80. The summed E-state index contributed by atoms with van der Waals surface area (Å²) in [7, 11) is 6.97. The lowest BCUT2D eigenvalue weighted by Gasteiger charge is -2.37. The summed E-state index contributed by atoms with van der Waals surface area (Å²) in [6, 6.07) is 25.3. The van der Waals surface area contributed by atoms with E-state index >= 15 is 0 Å². The molecule has 12 heteroatoms. The minimum atomic E-state index is -1.12. The fraction of sp³-hybridized carbons (Fsp3) is 0.297. The predicted molar refractivity (Wildman–Crippen MR) is 184 cm³/mol. The number of ether oxygens (including phenoxy) is 5. The predicted octanol–water partition coefficient (Wildman–Crippen LogP) is 4.35. The number of nitrogens with zero attached hydrogens (tertiary/aromatic N) is 6. The Balaban J connectivity index is 1.39. The number of methoxy groups -OCH3 is 2. The van der Waals surface area contributed by atoms with E-state index in [0.717, 1.165) is 16.7 Å². The van der Waals surface area contributed by atoms with Gasteiger partial charge in [-0.05, 0) is 41.0 Å². The average Bonchev–Trinajstić information content (AvgIpc) is 3.71. The number of aliphatic hydroxyl groups excluding tert-OH is 1. The van der Waals surface area contributed by atoms with Gasteiger partial charge in [0.1, 0.15) is 48.3 Å². The number of aromatic nitrogens is 4. The van der Waals surface area contributed by atoms with Gasteiger partial charge in [0, 0.05) is 14.1 Å². The number of fused-ring (bicyclic) bond motifs is 1. The van der Waals surface area contributed by atoms with Crippen LogP contribution in [0.3, 0.4) is 0 Å². The van der Waals surface area contributed by atoms with Crippen molar-refractivity contribution in [2.75, 3.05) is 41.5 Å². The molecule has 1 N–H and O–H groups in total. The average molecular weight is 663 g/mol. The van der Waals surface area contributed by atoms with Crippen LogP contribution in [0.4, 0.5) is 5.82 Å². The number of rotatable bonds is 13. The number of imidazole rings is 1. The molecule has 1 saturated heterocycles. The maximum Gasteiger partial charge on any atom is 0.184 e. The van der Waals surface area contributed by atoms with Crippen molar-refractivity contribution >= 4 is 23.3 Å². The van der Waals surface area contributed by atoms with Crippen LogP contribution in [0.5, 0.6) is 11.5 Å². The summed E-state index contributed by atoms with van der Waals surface area (Å²) in [5.41, 5.74) is 2.37. The maximum atomic E-state index is 11.7. The second-order valence-corrected chi connectivity index (χ2v) is 11.6. The van der Waals surface area contributed by atoms with E-state index in [2.05, 4.69) is 25.9 Å². The summed E-state index contributed by atoms with van der Waals surface area (Å²) in [5, 5.41) is 11.7. The SMILES string of the molecule is C#CCO[C@@H]1[C@H](O)[C@@H](COC(c2ccccc2)(c2ccc(OC)cc2)c2ccc(OC)cc2)O[C@H]1n1cnc2c(/N=C/N(C)C)ncnc21. The van der Waals surface area contributed by atoms with Crippen LogP contribution in [0, 0.1) is 12.3 Å². The Bertz CT molecular complexity index is 1860. The number of hydrogen-bond donors (Lipinski definition) is 1. The first-order valence-electron chi connectivity index (χ1n) is 15.6. The minimum absolute atomic E-state index is 0.0273. The van der Waals surface area contributed by atoms with Crippen molar-refractivity contribution < 1.29 is 28.8 Å². The van der Waals surface area contributed by atoms with E-state index < -0.39 is 30.1 Å². The molecular weight excluding hydrogens is 624 g/mol. The van der Waals surface area contributed by atoms with Crippen LogP contribution in [0.25, 0.3) is 11.2 Å². The van der Waals surface area contributed by atoms with Crippen LogP contribution in [0.15, 0.2) is 96.5 Å². The largest absolute Gasteiger partial charge is 0.497 e. The van der Waals surface area contributed by atoms with Gasteiger partial charge >= 0.3 is 0 Å². The highest BCUT2D eigenvalue weighted by Crippen LogP contribution is 2.43. The fourth-order valence-electron chi connectivity index (χ4n) is 5.98. The van der Waals surface area contributed by atoms with Gasteiger partial charge in [0.25, 0.3) is 0 Å². The summed E-state index contributed by atoms with van der Waals surface area (Å²) in [4.78, 5) is 19.5. The Morgan fingerprint density at radius 3 is 2.16 bits per heavy atom. The quantitative estimate of drug-likeness (QED) is 0.0842. The van der Waals surface area contributed by atoms with Crippen LogP contribution >= 0.6 is 0 Å². The van der Waals surface area contributed by atoms with Gasteiger partial charge in [-0.1, -0.05) is 60.5 Å². The minimum Gasteiger partial charge on any atom is -0.497 e. The number of hydrogen-bond acceptors (Lipinski definition) is 10. The third-order valence-corrected chi connectivity index (χ3v) is 8.33. The Hall–Kier alpha value is -5.32. The number of terminal acetylenes is 1. The molecule has 0 bridgehead atoms. The van der Waals surface area contributed by atoms with Crippen LogP contribution in [0.1, 0.15) is 22.9 Å². The van der Waals surface area contributed by atoms with Gasteiger partial charge in [-0.2, -0.15) is 0 Å². The first-order valence-corrected chi connectivity index (χ1v) is 15.6. The molecule has 49 heavy (non-hydrogen) atoms. The zero-order valence-corrected chi connectivity index (χ0v) is 27.7. The molecule has 1 aliphatic heterocycles. The van der Waals surface area contributed by atoms with E-state index in [1.807, 2.05) is 93.0 Å². The molecule has 0 spiro atoms. The molecule has 0 saturated carbocycles. The van der Waals surface area contributed by atoms with Crippen LogP contribution in [-0.4, -0.2) is 95.7 Å². The molecule has 1 fully saturated rings. The van der Waals surface area contributed by atoms with Gasteiger partial charge in [-0.25, -0.2) is 19.9 Å². The third kappa shape index (κ3) is 6.70. The Labute approximate surface area is 284 Å².